The molecule has 3 aliphatic rings. The van der Waals surface area contributed by atoms with Crippen molar-refractivity contribution >= 4 is 22.5 Å². The van der Waals surface area contributed by atoms with Crippen LogP contribution in [0.4, 0.5) is 5.69 Å². The van der Waals surface area contributed by atoms with E-state index in [1.165, 1.54) is 55.6 Å². The maximum atomic E-state index is 7.52. The van der Waals surface area contributed by atoms with E-state index in [4.69, 9.17) is 9.47 Å². The van der Waals surface area contributed by atoms with Crippen molar-refractivity contribution in [1.82, 2.24) is 0 Å². The molecular weight excluding hydrogens is 623 g/mol. The Kier molecular flexibility index (Phi) is 7.31. The normalized spacial score (nSPS) is 19.0. The zero-order valence-corrected chi connectivity index (χ0v) is 30.3. The minimum absolute atomic E-state index is 0.125. The highest BCUT2D eigenvalue weighted by atomic mass is 16.5. The molecule has 2 heterocycles. The van der Waals surface area contributed by atoms with Gasteiger partial charge in [-0.2, -0.15) is 0 Å². The Hall–Kier alpha value is -5.12. The number of ether oxygens (including phenoxy) is 2. The number of nitrogens with zero attached hydrogens (tertiary/aromatic N) is 1. The molecule has 0 saturated carbocycles. The summed E-state index contributed by atoms with van der Waals surface area (Å²) in [5, 5.41) is 2.38. The fraction of sp³-hybridized carbons (Fsp3) is 0.250. The maximum Gasteiger partial charge on any atom is 0.178 e. The highest BCUT2D eigenvalue weighted by Gasteiger charge is 2.44. The number of fused-ring (bicyclic) bond motifs is 8. The van der Waals surface area contributed by atoms with Gasteiger partial charge in [0.05, 0.1) is 13.2 Å². The molecule has 9 rings (SSSR count). The van der Waals surface area contributed by atoms with Gasteiger partial charge >= 0.3 is 0 Å². The van der Waals surface area contributed by atoms with Crippen molar-refractivity contribution in [1.29, 1.82) is 0 Å². The standard InChI is InChI=1S/C48H45NO2/c1-46(2,3)34-18-15-32(16-19-34)33-17-24-40-42(31-33)47(4,5)44-41-25-26-48(35-11-7-6-8-12-35,51-45(41)39-14-10-9-13-38(39)43(40)44)36-20-22-37(23-21-36)49-27-29-50-30-28-49/h6-26,31H,27-30H2,1-5H3/t48-/m0/s1. The third-order valence-electron chi connectivity index (χ3n) is 11.5. The van der Waals surface area contributed by atoms with E-state index < -0.39 is 5.60 Å². The van der Waals surface area contributed by atoms with Gasteiger partial charge in [-0.25, -0.2) is 0 Å². The predicted octanol–water partition coefficient (Wildman–Crippen LogP) is 11.3. The van der Waals surface area contributed by atoms with Gasteiger partial charge in [0.15, 0.2) is 5.60 Å². The molecule has 0 aromatic heterocycles. The molecule has 0 N–H and O–H groups in total. The molecule has 1 fully saturated rings. The summed E-state index contributed by atoms with van der Waals surface area (Å²) in [5.41, 5.74) is 12.9. The van der Waals surface area contributed by atoms with Gasteiger partial charge in [-0.05, 0) is 74.0 Å². The lowest BCUT2D eigenvalue weighted by Crippen LogP contribution is -2.37. The molecule has 254 valence electrons. The first-order valence-corrected chi connectivity index (χ1v) is 18.4. The van der Waals surface area contributed by atoms with Crippen molar-refractivity contribution in [3.05, 3.63) is 161 Å². The number of benzene rings is 6. The third-order valence-corrected chi connectivity index (χ3v) is 11.5. The van der Waals surface area contributed by atoms with Crippen molar-refractivity contribution in [2.75, 3.05) is 31.2 Å². The molecule has 0 amide bonds. The molecule has 0 bridgehead atoms. The Balaban J connectivity index is 1.19. The summed E-state index contributed by atoms with van der Waals surface area (Å²) in [5.74, 6) is 0.951. The first-order valence-electron chi connectivity index (χ1n) is 18.4. The van der Waals surface area contributed by atoms with Crippen LogP contribution in [0.3, 0.4) is 0 Å². The van der Waals surface area contributed by atoms with E-state index in [2.05, 4.69) is 173 Å². The van der Waals surface area contributed by atoms with E-state index in [9.17, 15) is 0 Å². The van der Waals surface area contributed by atoms with Crippen LogP contribution in [0.15, 0.2) is 127 Å². The average molecular weight is 668 g/mol. The lowest BCUT2D eigenvalue weighted by molar-refractivity contribution is 0.122. The number of anilines is 1. The summed E-state index contributed by atoms with van der Waals surface area (Å²) < 4.78 is 13.1. The Morgan fingerprint density at radius 3 is 2.02 bits per heavy atom. The van der Waals surface area contributed by atoms with Gasteiger partial charge in [-0.1, -0.05) is 144 Å². The van der Waals surface area contributed by atoms with E-state index in [0.29, 0.717) is 0 Å². The minimum atomic E-state index is -0.781. The number of hydrogen-bond donors (Lipinski definition) is 0. The van der Waals surface area contributed by atoms with E-state index in [0.717, 1.165) is 48.6 Å². The lowest BCUT2D eigenvalue weighted by atomic mass is 9.76. The summed E-state index contributed by atoms with van der Waals surface area (Å²) in [6.45, 7) is 14.9. The molecule has 1 atom stereocenters. The minimum Gasteiger partial charge on any atom is -0.472 e. The summed E-state index contributed by atoms with van der Waals surface area (Å²) >= 11 is 0. The first-order chi connectivity index (χ1) is 24.6. The van der Waals surface area contributed by atoms with Crippen LogP contribution in [0.1, 0.15) is 68.0 Å². The van der Waals surface area contributed by atoms with Crippen molar-refractivity contribution in [3.8, 4) is 28.0 Å². The smallest absolute Gasteiger partial charge is 0.178 e. The van der Waals surface area contributed by atoms with Gasteiger partial charge in [0, 0.05) is 46.3 Å². The van der Waals surface area contributed by atoms with E-state index in [1.807, 2.05) is 0 Å². The molecule has 3 heteroatoms. The molecule has 2 aliphatic heterocycles. The molecule has 0 radical (unpaired) electrons. The predicted molar refractivity (Wildman–Crippen MR) is 212 cm³/mol. The molecule has 6 aromatic rings. The van der Waals surface area contributed by atoms with Crippen molar-refractivity contribution in [3.63, 3.8) is 0 Å². The topological polar surface area (TPSA) is 21.7 Å². The van der Waals surface area contributed by atoms with E-state index >= 15 is 0 Å². The SMILES string of the molecule is CC(C)(C)c1ccc(-c2ccc3c(c2)C(C)(C)c2c4c(c5ccccc5c2-3)O[C@@](c2ccccc2)(c2ccc(N3CCOCC3)cc2)C=C4)cc1. The Labute approximate surface area is 302 Å². The van der Waals surface area contributed by atoms with Gasteiger partial charge < -0.3 is 14.4 Å². The fourth-order valence-electron chi connectivity index (χ4n) is 8.68. The first kappa shape index (κ1) is 31.8. The fourth-order valence-corrected chi connectivity index (χ4v) is 8.68. The van der Waals surface area contributed by atoms with E-state index in [1.54, 1.807) is 0 Å². The van der Waals surface area contributed by atoms with Crippen LogP contribution >= 0.6 is 0 Å². The Bertz CT molecular complexity index is 2300. The van der Waals surface area contributed by atoms with Gasteiger partial charge in [0.2, 0.25) is 0 Å². The number of rotatable bonds is 4. The van der Waals surface area contributed by atoms with E-state index in [-0.39, 0.29) is 10.8 Å². The summed E-state index contributed by atoms with van der Waals surface area (Å²) in [6, 6.07) is 44.7. The zero-order chi connectivity index (χ0) is 35.0. The van der Waals surface area contributed by atoms with Gasteiger partial charge in [0.25, 0.3) is 0 Å². The molecule has 0 unspecified atom stereocenters. The molecule has 51 heavy (non-hydrogen) atoms. The highest BCUT2D eigenvalue weighted by Crippen LogP contribution is 2.58. The average Bonchev–Trinajstić information content (AvgIpc) is 3.41. The third kappa shape index (κ3) is 5.05. The maximum absolute atomic E-state index is 7.52. The van der Waals surface area contributed by atoms with Crippen molar-refractivity contribution in [2.24, 2.45) is 0 Å². The lowest BCUT2D eigenvalue weighted by Gasteiger charge is -2.38. The van der Waals surface area contributed by atoms with Crippen LogP contribution < -0.4 is 9.64 Å². The second kappa shape index (κ2) is 11.7. The van der Waals surface area contributed by atoms with Crippen molar-refractivity contribution < 1.29 is 9.47 Å². The molecule has 3 nitrogen and oxygen atoms in total. The van der Waals surface area contributed by atoms with Crippen LogP contribution in [0.2, 0.25) is 0 Å². The summed E-state index contributed by atoms with van der Waals surface area (Å²) in [4.78, 5) is 2.40. The largest absolute Gasteiger partial charge is 0.472 e. The summed E-state index contributed by atoms with van der Waals surface area (Å²) in [6.07, 6.45) is 4.65. The molecular formula is C48H45NO2. The molecule has 0 spiro atoms. The quantitative estimate of drug-likeness (QED) is 0.187. The highest BCUT2D eigenvalue weighted by molar-refractivity contribution is 6.08. The molecule has 1 aliphatic carbocycles. The molecule has 1 saturated heterocycles. The number of hydrogen-bond acceptors (Lipinski definition) is 3. The van der Waals surface area contributed by atoms with Crippen LogP contribution in [-0.4, -0.2) is 26.3 Å². The van der Waals surface area contributed by atoms with Crippen molar-refractivity contribution in [2.45, 2.75) is 51.0 Å². The van der Waals surface area contributed by atoms with Gasteiger partial charge in [-0.3, -0.25) is 0 Å². The number of morpholine rings is 1. The van der Waals surface area contributed by atoms with Crippen LogP contribution in [0.25, 0.3) is 39.1 Å². The zero-order valence-electron chi connectivity index (χ0n) is 30.3. The Morgan fingerprint density at radius 2 is 1.31 bits per heavy atom. The van der Waals surface area contributed by atoms with Gasteiger partial charge in [0.1, 0.15) is 5.75 Å². The van der Waals surface area contributed by atoms with Crippen LogP contribution in [0, 0.1) is 0 Å². The van der Waals surface area contributed by atoms with Crippen LogP contribution in [-0.2, 0) is 21.2 Å². The van der Waals surface area contributed by atoms with Gasteiger partial charge in [-0.15, -0.1) is 0 Å². The monoisotopic (exact) mass is 667 g/mol. The molecule has 6 aromatic carbocycles. The Morgan fingerprint density at radius 1 is 0.667 bits per heavy atom. The summed E-state index contributed by atoms with van der Waals surface area (Å²) in [7, 11) is 0. The second-order valence-corrected chi connectivity index (χ2v) is 15.9. The van der Waals surface area contributed by atoms with Crippen LogP contribution in [0.5, 0.6) is 5.75 Å². The second-order valence-electron chi connectivity index (χ2n) is 15.9.